The Morgan fingerprint density at radius 2 is 2.27 bits per heavy atom. The molecule has 2 aliphatic rings. The van der Waals surface area contributed by atoms with Crippen molar-refractivity contribution in [2.75, 3.05) is 19.6 Å². The van der Waals surface area contributed by atoms with Gasteiger partial charge in [-0.25, -0.2) is 0 Å². The monoisotopic (exact) mass is 210 g/mol. The lowest BCUT2D eigenvalue weighted by Crippen LogP contribution is -2.46. The van der Waals surface area contributed by atoms with Gasteiger partial charge < -0.3 is 10.2 Å². The second-order valence-corrected chi connectivity index (χ2v) is 5.25. The molecule has 2 unspecified atom stereocenters. The molecule has 0 aromatic heterocycles. The van der Waals surface area contributed by atoms with E-state index in [9.17, 15) is 4.79 Å². The van der Waals surface area contributed by atoms with Crippen LogP contribution in [0.2, 0.25) is 0 Å². The SMILES string of the molecule is CC(C)C1CC(=O)N(C2CCCNC2)C1. The van der Waals surface area contributed by atoms with Crippen LogP contribution in [0.25, 0.3) is 0 Å². The van der Waals surface area contributed by atoms with E-state index < -0.39 is 0 Å². The van der Waals surface area contributed by atoms with Gasteiger partial charge in [0.2, 0.25) is 5.91 Å². The maximum absolute atomic E-state index is 11.9. The fourth-order valence-corrected chi connectivity index (χ4v) is 2.66. The van der Waals surface area contributed by atoms with E-state index in [1.807, 2.05) is 0 Å². The number of rotatable bonds is 2. The minimum atomic E-state index is 0.377. The molecule has 2 rings (SSSR count). The highest BCUT2D eigenvalue weighted by atomic mass is 16.2. The molecule has 0 spiro atoms. The fourth-order valence-electron chi connectivity index (χ4n) is 2.66. The van der Waals surface area contributed by atoms with Gasteiger partial charge in [-0.15, -0.1) is 0 Å². The molecule has 0 saturated carbocycles. The Hall–Kier alpha value is -0.570. The second kappa shape index (κ2) is 4.52. The number of piperidine rings is 1. The lowest BCUT2D eigenvalue weighted by atomic mass is 9.95. The molecule has 0 aromatic carbocycles. The topological polar surface area (TPSA) is 32.3 Å². The first kappa shape index (κ1) is 10.9. The van der Waals surface area contributed by atoms with Crippen molar-refractivity contribution in [1.29, 1.82) is 0 Å². The molecule has 15 heavy (non-hydrogen) atoms. The van der Waals surface area contributed by atoms with Crippen LogP contribution < -0.4 is 5.32 Å². The molecule has 0 aromatic rings. The molecular formula is C12H22N2O. The Kier molecular flexibility index (Phi) is 3.29. The average molecular weight is 210 g/mol. The number of hydrogen-bond acceptors (Lipinski definition) is 2. The van der Waals surface area contributed by atoms with Crippen LogP contribution >= 0.6 is 0 Å². The van der Waals surface area contributed by atoms with Gasteiger partial charge in [-0.2, -0.15) is 0 Å². The molecule has 2 atom stereocenters. The summed E-state index contributed by atoms with van der Waals surface area (Å²) in [6.07, 6.45) is 3.17. The van der Waals surface area contributed by atoms with E-state index in [-0.39, 0.29) is 0 Å². The summed E-state index contributed by atoms with van der Waals surface area (Å²) < 4.78 is 0. The van der Waals surface area contributed by atoms with Crippen LogP contribution in [-0.4, -0.2) is 36.5 Å². The summed E-state index contributed by atoms with van der Waals surface area (Å²) in [5.74, 6) is 1.59. The first-order valence-corrected chi connectivity index (χ1v) is 6.18. The van der Waals surface area contributed by atoms with Crippen LogP contribution in [0.5, 0.6) is 0 Å². The standard InChI is InChI=1S/C12H22N2O/c1-9(2)10-6-12(15)14(8-10)11-4-3-5-13-7-11/h9-11,13H,3-8H2,1-2H3. The Labute approximate surface area is 92.2 Å². The van der Waals surface area contributed by atoms with Crippen LogP contribution in [0, 0.1) is 11.8 Å². The number of nitrogens with zero attached hydrogens (tertiary/aromatic N) is 1. The summed E-state index contributed by atoms with van der Waals surface area (Å²) in [7, 11) is 0. The van der Waals surface area contributed by atoms with Gasteiger partial charge in [0, 0.05) is 25.6 Å². The maximum Gasteiger partial charge on any atom is 0.223 e. The Balaban J connectivity index is 1.95. The average Bonchev–Trinajstić information content (AvgIpc) is 2.62. The van der Waals surface area contributed by atoms with Crippen LogP contribution in [0.15, 0.2) is 0 Å². The zero-order valence-corrected chi connectivity index (χ0v) is 9.83. The van der Waals surface area contributed by atoms with Gasteiger partial charge in [0.05, 0.1) is 0 Å². The van der Waals surface area contributed by atoms with Gasteiger partial charge in [-0.1, -0.05) is 13.8 Å². The highest BCUT2D eigenvalue weighted by molar-refractivity contribution is 5.79. The van der Waals surface area contributed by atoms with E-state index in [0.717, 1.165) is 26.1 Å². The second-order valence-electron chi connectivity index (χ2n) is 5.25. The molecule has 2 saturated heterocycles. The Morgan fingerprint density at radius 1 is 1.47 bits per heavy atom. The van der Waals surface area contributed by atoms with Crippen molar-refractivity contribution >= 4 is 5.91 Å². The lowest BCUT2D eigenvalue weighted by Gasteiger charge is -2.32. The summed E-state index contributed by atoms with van der Waals surface area (Å²) in [6, 6.07) is 0.468. The van der Waals surface area contributed by atoms with Crippen molar-refractivity contribution in [2.24, 2.45) is 11.8 Å². The minimum Gasteiger partial charge on any atom is -0.338 e. The third-order valence-corrected chi connectivity index (χ3v) is 3.84. The first-order chi connectivity index (χ1) is 7.18. The minimum absolute atomic E-state index is 0.377. The van der Waals surface area contributed by atoms with Crippen LogP contribution in [0.4, 0.5) is 0 Å². The Morgan fingerprint density at radius 3 is 2.80 bits per heavy atom. The zero-order chi connectivity index (χ0) is 10.8. The number of likely N-dealkylation sites (tertiary alicyclic amines) is 1. The Bertz CT molecular complexity index is 234. The third-order valence-electron chi connectivity index (χ3n) is 3.84. The molecule has 2 heterocycles. The highest BCUT2D eigenvalue weighted by Gasteiger charge is 2.35. The third kappa shape index (κ3) is 2.33. The molecule has 0 radical (unpaired) electrons. The molecular weight excluding hydrogens is 188 g/mol. The van der Waals surface area contributed by atoms with Gasteiger partial charge in [0.25, 0.3) is 0 Å². The highest BCUT2D eigenvalue weighted by Crippen LogP contribution is 2.27. The predicted molar refractivity (Wildman–Crippen MR) is 60.5 cm³/mol. The number of amides is 1. The smallest absolute Gasteiger partial charge is 0.223 e. The van der Waals surface area contributed by atoms with Crippen LogP contribution in [0.3, 0.4) is 0 Å². The fraction of sp³-hybridized carbons (Fsp3) is 0.917. The molecule has 2 fully saturated rings. The van der Waals surface area contributed by atoms with Crippen LogP contribution in [0.1, 0.15) is 33.1 Å². The van der Waals surface area contributed by atoms with Crippen molar-refractivity contribution in [2.45, 2.75) is 39.2 Å². The van der Waals surface area contributed by atoms with Crippen LogP contribution in [-0.2, 0) is 4.79 Å². The summed E-state index contributed by atoms with van der Waals surface area (Å²) in [4.78, 5) is 14.0. The normalized spacial score (nSPS) is 32.7. The number of hydrogen-bond donors (Lipinski definition) is 1. The van der Waals surface area contributed by atoms with Crippen molar-refractivity contribution in [3.05, 3.63) is 0 Å². The number of carbonyl (C=O) groups is 1. The molecule has 2 aliphatic heterocycles. The van der Waals surface area contributed by atoms with Gasteiger partial charge in [0.1, 0.15) is 0 Å². The summed E-state index contributed by atoms with van der Waals surface area (Å²) >= 11 is 0. The molecule has 0 bridgehead atoms. The van der Waals surface area contributed by atoms with Crippen molar-refractivity contribution in [1.82, 2.24) is 10.2 Å². The maximum atomic E-state index is 11.9. The summed E-state index contributed by atoms with van der Waals surface area (Å²) in [5, 5.41) is 3.38. The molecule has 3 nitrogen and oxygen atoms in total. The molecule has 1 amide bonds. The summed E-state index contributed by atoms with van der Waals surface area (Å²) in [5.41, 5.74) is 0. The molecule has 1 N–H and O–H groups in total. The van der Waals surface area contributed by atoms with E-state index in [1.54, 1.807) is 0 Å². The molecule has 0 aliphatic carbocycles. The quantitative estimate of drug-likeness (QED) is 0.744. The van der Waals surface area contributed by atoms with Crippen molar-refractivity contribution in [3.8, 4) is 0 Å². The van der Waals surface area contributed by atoms with E-state index in [2.05, 4.69) is 24.1 Å². The van der Waals surface area contributed by atoms with Crippen molar-refractivity contribution in [3.63, 3.8) is 0 Å². The number of nitrogens with one attached hydrogen (secondary N) is 1. The molecule has 3 heteroatoms. The van der Waals surface area contributed by atoms with E-state index in [4.69, 9.17) is 0 Å². The lowest BCUT2D eigenvalue weighted by molar-refractivity contribution is -0.130. The van der Waals surface area contributed by atoms with E-state index in [1.165, 1.54) is 12.8 Å². The van der Waals surface area contributed by atoms with E-state index >= 15 is 0 Å². The first-order valence-electron chi connectivity index (χ1n) is 6.18. The zero-order valence-electron chi connectivity index (χ0n) is 9.83. The largest absolute Gasteiger partial charge is 0.338 e. The predicted octanol–water partition coefficient (Wildman–Crippen LogP) is 1.24. The van der Waals surface area contributed by atoms with E-state index in [0.29, 0.717) is 23.8 Å². The van der Waals surface area contributed by atoms with Crippen molar-refractivity contribution < 1.29 is 4.79 Å². The van der Waals surface area contributed by atoms with Gasteiger partial charge in [-0.3, -0.25) is 4.79 Å². The van der Waals surface area contributed by atoms with Gasteiger partial charge in [0.15, 0.2) is 0 Å². The van der Waals surface area contributed by atoms with Gasteiger partial charge in [-0.05, 0) is 31.2 Å². The number of carbonyl (C=O) groups excluding carboxylic acids is 1. The molecule has 86 valence electrons. The summed E-state index contributed by atoms with van der Waals surface area (Å²) in [6.45, 7) is 7.55. The van der Waals surface area contributed by atoms with Gasteiger partial charge >= 0.3 is 0 Å².